The van der Waals surface area contributed by atoms with Gasteiger partial charge in [0.25, 0.3) is 0 Å². The summed E-state index contributed by atoms with van der Waals surface area (Å²) in [5, 5.41) is 5.25. The van der Waals surface area contributed by atoms with Gasteiger partial charge in [-0.1, -0.05) is 35.3 Å². The lowest BCUT2D eigenvalue weighted by molar-refractivity contribution is 0.414. The maximum absolute atomic E-state index is 6.59. The first kappa shape index (κ1) is 21.8. The zero-order chi connectivity index (χ0) is 22.9. The van der Waals surface area contributed by atoms with Gasteiger partial charge < -0.3 is 19.5 Å². The minimum Gasteiger partial charge on any atom is -0.497 e. The van der Waals surface area contributed by atoms with Crippen molar-refractivity contribution in [2.75, 3.05) is 12.0 Å². The zero-order valence-electron chi connectivity index (χ0n) is 17.7. The number of pyridine rings is 1. The summed E-state index contributed by atoms with van der Waals surface area (Å²) in [5.41, 5.74) is 3.66. The molecule has 0 unspecified atom stereocenters. The van der Waals surface area contributed by atoms with Crippen molar-refractivity contribution in [1.29, 1.82) is 0 Å². The van der Waals surface area contributed by atoms with E-state index in [9.17, 15) is 0 Å². The van der Waals surface area contributed by atoms with Crippen LogP contribution in [-0.4, -0.2) is 21.8 Å². The van der Waals surface area contributed by atoms with Crippen LogP contribution in [0.1, 0.15) is 23.5 Å². The highest BCUT2D eigenvalue weighted by atomic mass is 35.5. The van der Waals surface area contributed by atoms with E-state index in [-0.39, 0.29) is 12.1 Å². The van der Waals surface area contributed by atoms with E-state index in [0.29, 0.717) is 15.2 Å². The minimum atomic E-state index is -0.193. The minimum absolute atomic E-state index is 0.176. The fourth-order valence-corrected chi connectivity index (χ4v) is 5.07. The van der Waals surface area contributed by atoms with Crippen LogP contribution in [-0.2, 0) is 0 Å². The lowest BCUT2D eigenvalue weighted by atomic mass is 10.0. The second-order valence-corrected chi connectivity index (χ2v) is 8.83. The van der Waals surface area contributed by atoms with E-state index in [0.717, 1.165) is 28.5 Å². The Bertz CT molecular complexity index is 1310. The Kier molecular flexibility index (Phi) is 5.98. The Morgan fingerprint density at radius 3 is 2.64 bits per heavy atom. The smallest absolute Gasteiger partial charge is 0.174 e. The number of benzene rings is 2. The molecule has 2 aromatic carbocycles. The van der Waals surface area contributed by atoms with Gasteiger partial charge in [-0.05, 0) is 66.8 Å². The van der Waals surface area contributed by atoms with E-state index in [1.807, 2.05) is 66.9 Å². The van der Waals surface area contributed by atoms with Crippen molar-refractivity contribution in [3.05, 3.63) is 107 Å². The summed E-state index contributed by atoms with van der Waals surface area (Å²) in [7, 11) is 1.65. The molecular weight excluding hydrogens is 475 g/mol. The molecule has 0 spiro atoms. The largest absolute Gasteiger partial charge is 0.497 e. The van der Waals surface area contributed by atoms with Crippen molar-refractivity contribution in [2.45, 2.75) is 12.1 Å². The predicted molar refractivity (Wildman–Crippen MR) is 137 cm³/mol. The molecule has 0 bridgehead atoms. The first-order chi connectivity index (χ1) is 16.1. The van der Waals surface area contributed by atoms with Gasteiger partial charge in [0, 0.05) is 34.9 Å². The molecule has 1 aliphatic heterocycles. The van der Waals surface area contributed by atoms with Crippen molar-refractivity contribution in [3.63, 3.8) is 0 Å². The quantitative estimate of drug-likeness (QED) is 0.326. The first-order valence-electron chi connectivity index (χ1n) is 10.3. The highest BCUT2D eigenvalue weighted by Gasteiger charge is 2.42. The normalized spacial score (nSPS) is 17.8. The molecule has 8 heteroatoms. The second-order valence-electron chi connectivity index (χ2n) is 7.60. The number of aromatic nitrogens is 2. The van der Waals surface area contributed by atoms with Crippen LogP contribution in [0.25, 0.3) is 5.69 Å². The molecular formula is C25H20Cl2N4OS. The average molecular weight is 495 g/mol. The van der Waals surface area contributed by atoms with Gasteiger partial charge in [-0.3, -0.25) is 4.98 Å². The van der Waals surface area contributed by atoms with Crippen molar-refractivity contribution in [3.8, 4) is 11.4 Å². The van der Waals surface area contributed by atoms with Crippen LogP contribution in [0, 0.1) is 0 Å². The van der Waals surface area contributed by atoms with E-state index >= 15 is 0 Å². The summed E-state index contributed by atoms with van der Waals surface area (Å²) < 4.78 is 7.54. The Hall–Kier alpha value is -3.06. The van der Waals surface area contributed by atoms with Gasteiger partial charge in [0.15, 0.2) is 5.11 Å². The lowest BCUT2D eigenvalue weighted by Crippen LogP contribution is -2.30. The topological polar surface area (TPSA) is 42.3 Å². The molecule has 166 valence electrons. The number of methoxy groups -OCH3 is 1. The van der Waals surface area contributed by atoms with Crippen LogP contribution in [0.4, 0.5) is 5.69 Å². The molecule has 5 rings (SSSR count). The van der Waals surface area contributed by atoms with Gasteiger partial charge >= 0.3 is 0 Å². The molecule has 0 saturated carbocycles. The van der Waals surface area contributed by atoms with E-state index in [1.165, 1.54) is 0 Å². The van der Waals surface area contributed by atoms with Gasteiger partial charge in [-0.2, -0.15) is 0 Å². The van der Waals surface area contributed by atoms with Crippen LogP contribution < -0.4 is 15.0 Å². The molecule has 2 aromatic heterocycles. The van der Waals surface area contributed by atoms with E-state index in [2.05, 4.69) is 25.8 Å². The summed E-state index contributed by atoms with van der Waals surface area (Å²) in [6, 6.07) is 23.0. The molecule has 3 heterocycles. The highest BCUT2D eigenvalue weighted by molar-refractivity contribution is 7.80. The summed E-state index contributed by atoms with van der Waals surface area (Å²) in [6.45, 7) is 0. The molecule has 33 heavy (non-hydrogen) atoms. The molecule has 0 aliphatic carbocycles. The number of nitrogens with zero attached hydrogens (tertiary/aromatic N) is 3. The van der Waals surface area contributed by atoms with Crippen molar-refractivity contribution in [1.82, 2.24) is 14.9 Å². The van der Waals surface area contributed by atoms with Crippen LogP contribution in [0.5, 0.6) is 5.75 Å². The number of ether oxygens (including phenoxy) is 1. The van der Waals surface area contributed by atoms with Gasteiger partial charge in [-0.25, -0.2) is 0 Å². The maximum Gasteiger partial charge on any atom is 0.174 e. The maximum atomic E-state index is 6.59. The molecule has 2 atom stereocenters. The predicted octanol–water partition coefficient (Wildman–Crippen LogP) is 6.36. The highest BCUT2D eigenvalue weighted by Crippen LogP contribution is 2.43. The Morgan fingerprint density at radius 2 is 1.88 bits per heavy atom. The third kappa shape index (κ3) is 4.06. The second kappa shape index (κ2) is 9.06. The fraction of sp³-hybridized carbons (Fsp3) is 0.120. The van der Waals surface area contributed by atoms with Gasteiger partial charge in [-0.15, -0.1) is 0 Å². The number of hydrogen-bond acceptors (Lipinski definition) is 3. The van der Waals surface area contributed by atoms with Crippen molar-refractivity contribution >= 4 is 46.2 Å². The molecule has 0 amide bonds. The van der Waals surface area contributed by atoms with Crippen LogP contribution in [0.15, 0.2) is 85.2 Å². The van der Waals surface area contributed by atoms with E-state index < -0.39 is 0 Å². The number of rotatable bonds is 5. The molecule has 1 saturated heterocycles. The molecule has 5 nitrogen and oxygen atoms in total. The summed E-state index contributed by atoms with van der Waals surface area (Å²) in [6.07, 6.45) is 3.78. The average Bonchev–Trinajstić information content (AvgIpc) is 3.44. The number of nitrogens with one attached hydrogen (secondary N) is 1. The van der Waals surface area contributed by atoms with E-state index in [4.69, 9.17) is 40.2 Å². The van der Waals surface area contributed by atoms with Crippen LogP contribution in [0.3, 0.4) is 0 Å². The SMILES string of the molecule is COc1cccc(N2C(=S)N[C@H](c3ccccn3)[C@H]2c2cccn2-c2ccc(Cl)cc2Cl)c1. The Morgan fingerprint density at radius 1 is 1.00 bits per heavy atom. The number of thiocarbonyl (C=S) groups is 1. The third-order valence-corrected chi connectivity index (χ3v) is 6.53. The molecule has 1 fully saturated rings. The third-order valence-electron chi connectivity index (χ3n) is 5.68. The summed E-state index contributed by atoms with van der Waals surface area (Å²) in [4.78, 5) is 6.73. The zero-order valence-corrected chi connectivity index (χ0v) is 20.0. The monoisotopic (exact) mass is 494 g/mol. The van der Waals surface area contributed by atoms with Crippen molar-refractivity contribution < 1.29 is 4.74 Å². The molecule has 1 N–H and O–H groups in total. The summed E-state index contributed by atoms with van der Waals surface area (Å²) in [5.74, 6) is 0.756. The lowest BCUT2D eigenvalue weighted by Gasteiger charge is -2.29. The van der Waals surface area contributed by atoms with E-state index in [1.54, 1.807) is 19.4 Å². The Labute approximate surface area is 207 Å². The number of hydrogen-bond donors (Lipinski definition) is 1. The fourth-order valence-electron chi connectivity index (χ4n) is 4.22. The number of halogens is 2. The molecule has 4 aromatic rings. The first-order valence-corrected chi connectivity index (χ1v) is 11.5. The van der Waals surface area contributed by atoms with Gasteiger partial charge in [0.1, 0.15) is 11.8 Å². The summed E-state index contributed by atoms with van der Waals surface area (Å²) >= 11 is 18.6. The van der Waals surface area contributed by atoms with Crippen molar-refractivity contribution in [2.24, 2.45) is 0 Å². The number of anilines is 1. The van der Waals surface area contributed by atoms with Crippen LogP contribution >= 0.6 is 35.4 Å². The Balaban J connectivity index is 1.68. The van der Waals surface area contributed by atoms with Gasteiger partial charge in [0.2, 0.25) is 0 Å². The van der Waals surface area contributed by atoms with Crippen LogP contribution in [0.2, 0.25) is 10.0 Å². The standard InChI is InChI=1S/C25H20Cl2N4OS/c1-32-18-7-4-6-17(15-18)31-24(23(29-25(31)33)20-8-2-3-12-28-20)22-9-5-13-30(22)21-11-10-16(26)14-19(21)27/h2-15,23-24H,1H3,(H,29,33)/t23-,24-/m1/s1. The molecule has 1 aliphatic rings. The van der Waals surface area contributed by atoms with Gasteiger partial charge in [0.05, 0.1) is 29.6 Å². The molecule has 0 radical (unpaired) electrons.